The summed E-state index contributed by atoms with van der Waals surface area (Å²) in [6, 6.07) is 5.46. The number of aryl methyl sites for hydroxylation is 1. The number of fused-ring (bicyclic) bond motifs is 1. The van der Waals surface area contributed by atoms with Gasteiger partial charge in [-0.05, 0) is 58.0 Å². The summed E-state index contributed by atoms with van der Waals surface area (Å²) in [5.74, 6) is 7.85. The van der Waals surface area contributed by atoms with E-state index in [9.17, 15) is 9.59 Å². The first-order valence-corrected chi connectivity index (χ1v) is 15.1. The van der Waals surface area contributed by atoms with E-state index in [0.717, 1.165) is 36.0 Å². The van der Waals surface area contributed by atoms with Gasteiger partial charge in [0.1, 0.15) is 11.9 Å². The SMILES string of the molecule is CCCNc1nc(Nc2ccc3c(OC)nn(C)c3c2)ncc1C#CCCCNC(=O)[C@@H]1CCCN1C(=O)C=CCN(C)C. The maximum absolute atomic E-state index is 12.8. The van der Waals surface area contributed by atoms with E-state index in [1.54, 1.807) is 29.0 Å². The zero-order valence-corrected chi connectivity index (χ0v) is 26.3. The fourth-order valence-electron chi connectivity index (χ4n) is 4.92. The van der Waals surface area contributed by atoms with Crippen molar-refractivity contribution < 1.29 is 14.3 Å². The number of likely N-dealkylation sites (N-methyl/N-ethyl adjacent to an activating group) is 1. The number of ether oxygens (including phenoxy) is 1. The molecule has 0 unspecified atom stereocenters. The van der Waals surface area contributed by atoms with Gasteiger partial charge in [0.15, 0.2) is 0 Å². The van der Waals surface area contributed by atoms with Crippen molar-refractivity contribution in [2.45, 2.75) is 45.1 Å². The number of methoxy groups -OCH3 is 1. The van der Waals surface area contributed by atoms with Gasteiger partial charge in [0, 0.05) is 51.4 Å². The standard InChI is InChI=1S/C32H43N9O3/c1-6-17-33-29-23(22-35-32(37-29)36-24-15-16-25-27(21-24)40(4)38-31(25)44-5)12-8-7-9-18-34-30(43)26-13-10-20-41(26)28(42)14-11-19-39(2)3/h11,14-16,21-22,26H,6-7,9-10,13,17-20H2,1-5H3,(H,34,43)(H2,33,35,36,37)/t26-/m0/s1. The topological polar surface area (TPSA) is 130 Å². The van der Waals surface area contributed by atoms with Crippen molar-refractivity contribution in [2.75, 3.05) is 58.0 Å². The number of carbonyl (C=O) groups is 2. The van der Waals surface area contributed by atoms with Crippen molar-refractivity contribution in [1.29, 1.82) is 0 Å². The number of hydrogen-bond acceptors (Lipinski definition) is 9. The Morgan fingerprint density at radius 3 is 2.86 bits per heavy atom. The van der Waals surface area contributed by atoms with Crippen molar-refractivity contribution in [3.8, 4) is 17.7 Å². The first kappa shape index (κ1) is 32.3. The quantitative estimate of drug-likeness (QED) is 0.154. The van der Waals surface area contributed by atoms with Gasteiger partial charge >= 0.3 is 0 Å². The number of benzene rings is 1. The predicted octanol–water partition coefficient (Wildman–Crippen LogP) is 3.29. The minimum absolute atomic E-state index is 0.103. The largest absolute Gasteiger partial charge is 0.479 e. The molecule has 0 bridgehead atoms. The molecule has 2 aromatic heterocycles. The first-order valence-electron chi connectivity index (χ1n) is 15.1. The zero-order valence-electron chi connectivity index (χ0n) is 26.3. The minimum atomic E-state index is -0.414. The van der Waals surface area contributed by atoms with Crippen molar-refractivity contribution in [2.24, 2.45) is 7.05 Å². The Morgan fingerprint density at radius 2 is 2.09 bits per heavy atom. The molecule has 1 aliphatic heterocycles. The zero-order chi connectivity index (χ0) is 31.5. The average molecular weight is 602 g/mol. The number of rotatable bonds is 13. The smallest absolute Gasteiger partial charge is 0.246 e. The molecule has 12 heteroatoms. The van der Waals surface area contributed by atoms with Gasteiger partial charge in [-0.25, -0.2) is 4.98 Å². The normalized spacial score (nSPS) is 14.6. The van der Waals surface area contributed by atoms with Gasteiger partial charge in [0.25, 0.3) is 0 Å². The molecule has 0 aliphatic carbocycles. The summed E-state index contributed by atoms with van der Waals surface area (Å²) in [6.07, 6.45) is 8.86. The molecule has 12 nitrogen and oxygen atoms in total. The molecular weight excluding hydrogens is 558 g/mol. The van der Waals surface area contributed by atoms with Crippen LogP contribution in [-0.4, -0.2) is 94.8 Å². The van der Waals surface area contributed by atoms with E-state index in [0.29, 0.717) is 62.1 Å². The van der Waals surface area contributed by atoms with Crippen LogP contribution in [0.25, 0.3) is 10.9 Å². The highest BCUT2D eigenvalue weighted by Gasteiger charge is 2.32. The minimum Gasteiger partial charge on any atom is -0.479 e. The maximum Gasteiger partial charge on any atom is 0.246 e. The van der Waals surface area contributed by atoms with E-state index in [1.807, 2.05) is 50.3 Å². The molecule has 0 spiro atoms. The number of nitrogens with zero attached hydrogens (tertiary/aromatic N) is 6. The summed E-state index contributed by atoms with van der Waals surface area (Å²) in [5.41, 5.74) is 2.47. The Kier molecular flexibility index (Phi) is 11.5. The number of hydrogen-bond donors (Lipinski definition) is 3. The number of nitrogens with one attached hydrogen (secondary N) is 3. The first-order chi connectivity index (χ1) is 21.3. The Labute approximate surface area is 259 Å². The van der Waals surface area contributed by atoms with Crippen molar-refractivity contribution in [1.82, 2.24) is 34.9 Å². The fraction of sp³-hybridized carbons (Fsp3) is 0.469. The van der Waals surface area contributed by atoms with Crippen LogP contribution < -0.4 is 20.7 Å². The van der Waals surface area contributed by atoms with Gasteiger partial charge in [0.05, 0.1) is 29.8 Å². The maximum atomic E-state index is 12.8. The third-order valence-electron chi connectivity index (χ3n) is 7.17. The molecule has 1 saturated heterocycles. The van der Waals surface area contributed by atoms with E-state index in [2.05, 4.69) is 49.8 Å². The second kappa shape index (κ2) is 15.7. The Morgan fingerprint density at radius 1 is 1.25 bits per heavy atom. The van der Waals surface area contributed by atoms with Crippen molar-refractivity contribution in [3.63, 3.8) is 0 Å². The molecular formula is C32H43N9O3. The van der Waals surface area contributed by atoms with Crippen LogP contribution in [0.2, 0.25) is 0 Å². The second-order valence-electron chi connectivity index (χ2n) is 10.9. The van der Waals surface area contributed by atoms with Gasteiger partial charge < -0.3 is 30.5 Å². The van der Waals surface area contributed by atoms with Crippen LogP contribution in [0.15, 0.2) is 36.5 Å². The number of likely N-dealkylation sites (tertiary alicyclic amines) is 1. The molecule has 2 amide bonds. The monoisotopic (exact) mass is 601 g/mol. The van der Waals surface area contributed by atoms with Crippen molar-refractivity contribution >= 4 is 40.2 Å². The summed E-state index contributed by atoms with van der Waals surface area (Å²) in [6.45, 7) is 4.63. The van der Waals surface area contributed by atoms with E-state index in [1.165, 1.54) is 0 Å². The molecule has 4 rings (SSSR count). The fourth-order valence-corrected chi connectivity index (χ4v) is 4.92. The Bertz CT molecular complexity index is 1540. The second-order valence-corrected chi connectivity index (χ2v) is 10.9. The molecule has 3 aromatic rings. The summed E-state index contributed by atoms with van der Waals surface area (Å²) < 4.78 is 7.13. The van der Waals surface area contributed by atoms with Crippen LogP contribution >= 0.6 is 0 Å². The van der Waals surface area contributed by atoms with Crippen LogP contribution in [0.3, 0.4) is 0 Å². The van der Waals surface area contributed by atoms with Gasteiger partial charge in [-0.3, -0.25) is 14.3 Å². The Balaban J connectivity index is 1.31. The van der Waals surface area contributed by atoms with Crippen LogP contribution in [0, 0.1) is 11.8 Å². The molecule has 44 heavy (non-hydrogen) atoms. The number of amides is 2. The summed E-state index contributed by atoms with van der Waals surface area (Å²) >= 11 is 0. The lowest BCUT2D eigenvalue weighted by Crippen LogP contribution is -2.45. The Hall–Kier alpha value is -4.63. The molecule has 234 valence electrons. The summed E-state index contributed by atoms with van der Waals surface area (Å²) in [7, 11) is 7.37. The highest BCUT2D eigenvalue weighted by molar-refractivity contribution is 5.93. The van der Waals surface area contributed by atoms with E-state index in [4.69, 9.17) is 4.74 Å². The van der Waals surface area contributed by atoms with Crippen LogP contribution in [-0.2, 0) is 16.6 Å². The van der Waals surface area contributed by atoms with E-state index >= 15 is 0 Å². The number of anilines is 3. The van der Waals surface area contributed by atoms with Crippen LogP contribution in [0.4, 0.5) is 17.5 Å². The number of carbonyl (C=O) groups excluding carboxylic acids is 2. The van der Waals surface area contributed by atoms with Gasteiger partial charge in [-0.15, -0.1) is 5.10 Å². The molecule has 1 aromatic carbocycles. The van der Waals surface area contributed by atoms with Crippen molar-refractivity contribution in [3.05, 3.63) is 42.1 Å². The summed E-state index contributed by atoms with van der Waals surface area (Å²) in [5, 5.41) is 14.9. The molecule has 3 heterocycles. The number of unbranched alkanes of at least 4 members (excludes halogenated alkanes) is 1. The molecule has 0 radical (unpaired) electrons. The molecule has 3 N–H and O–H groups in total. The third kappa shape index (κ3) is 8.48. The average Bonchev–Trinajstić information content (AvgIpc) is 3.63. The van der Waals surface area contributed by atoms with Gasteiger partial charge in [-0.1, -0.05) is 24.8 Å². The highest BCUT2D eigenvalue weighted by Crippen LogP contribution is 2.28. The third-order valence-corrected chi connectivity index (χ3v) is 7.17. The highest BCUT2D eigenvalue weighted by atomic mass is 16.5. The van der Waals surface area contributed by atoms with Crippen LogP contribution in [0.1, 0.15) is 44.6 Å². The van der Waals surface area contributed by atoms with E-state index < -0.39 is 6.04 Å². The van der Waals surface area contributed by atoms with Crippen LogP contribution in [0.5, 0.6) is 5.88 Å². The lowest BCUT2D eigenvalue weighted by molar-refractivity contribution is -0.135. The molecule has 1 fully saturated rings. The van der Waals surface area contributed by atoms with Gasteiger partial charge in [-0.2, -0.15) is 4.98 Å². The lowest BCUT2D eigenvalue weighted by atomic mass is 10.2. The molecule has 1 atom stereocenters. The lowest BCUT2D eigenvalue weighted by Gasteiger charge is -2.22. The summed E-state index contributed by atoms with van der Waals surface area (Å²) in [4.78, 5) is 38.2. The number of aromatic nitrogens is 4. The molecule has 0 saturated carbocycles. The van der Waals surface area contributed by atoms with Gasteiger partial charge in [0.2, 0.25) is 23.6 Å². The van der Waals surface area contributed by atoms with E-state index in [-0.39, 0.29) is 11.8 Å². The molecule has 1 aliphatic rings. The predicted molar refractivity (Wildman–Crippen MR) is 173 cm³/mol.